The number of nitrogens with one attached hydrogen (secondary N) is 1. The molecule has 0 saturated carbocycles. The third kappa shape index (κ3) is 9.03. The van der Waals surface area contributed by atoms with E-state index in [0.29, 0.717) is 27.8 Å². The average molecular weight is 592 g/mol. The molecule has 0 aliphatic carbocycles. The van der Waals surface area contributed by atoms with Gasteiger partial charge in [-0.2, -0.15) is 13.2 Å². The number of carbonyl (C=O) groups is 2. The number of ether oxygens (including phenoxy) is 1. The molecular weight excluding hydrogens is 559 g/mol. The van der Waals surface area contributed by atoms with E-state index in [1.54, 1.807) is 52.0 Å². The second-order valence-electron chi connectivity index (χ2n) is 9.97. The van der Waals surface area contributed by atoms with Crippen LogP contribution >= 0.6 is 11.6 Å². The molecule has 1 atom stereocenters. The Balaban J connectivity index is 2.56. The molecule has 2 aromatic carbocycles. The zero-order valence-corrected chi connectivity index (χ0v) is 24.2. The number of alkyl halides is 3. The van der Waals surface area contributed by atoms with E-state index in [4.69, 9.17) is 16.3 Å². The Morgan fingerprint density at radius 2 is 1.67 bits per heavy atom. The van der Waals surface area contributed by atoms with Crippen LogP contribution in [0.15, 0.2) is 42.5 Å². The van der Waals surface area contributed by atoms with Gasteiger partial charge in [0.15, 0.2) is 0 Å². The topological polar surface area (TPSA) is 96.0 Å². The molecule has 13 heteroatoms. The molecule has 39 heavy (non-hydrogen) atoms. The molecule has 0 spiro atoms. The van der Waals surface area contributed by atoms with Crippen molar-refractivity contribution in [3.63, 3.8) is 0 Å². The van der Waals surface area contributed by atoms with Gasteiger partial charge >= 0.3 is 6.18 Å². The van der Waals surface area contributed by atoms with Crippen molar-refractivity contribution < 1.29 is 35.9 Å². The molecule has 0 aromatic heterocycles. The Kier molecular flexibility index (Phi) is 10.3. The number of anilines is 1. The van der Waals surface area contributed by atoms with Crippen LogP contribution in [-0.4, -0.2) is 56.6 Å². The third-order valence-corrected chi connectivity index (χ3v) is 7.06. The van der Waals surface area contributed by atoms with Crippen molar-refractivity contribution in [1.82, 2.24) is 10.2 Å². The summed E-state index contributed by atoms with van der Waals surface area (Å²) in [4.78, 5) is 28.1. The molecule has 1 N–H and O–H groups in total. The summed E-state index contributed by atoms with van der Waals surface area (Å²) in [5.41, 5.74) is -1.63. The van der Waals surface area contributed by atoms with E-state index in [-0.39, 0.29) is 18.0 Å². The van der Waals surface area contributed by atoms with E-state index in [0.717, 1.165) is 12.3 Å². The summed E-state index contributed by atoms with van der Waals surface area (Å²) in [6.45, 7) is 6.05. The zero-order valence-electron chi connectivity index (χ0n) is 22.6. The number of nitrogens with zero attached hydrogens (tertiary/aromatic N) is 2. The van der Waals surface area contributed by atoms with Gasteiger partial charge in [0.25, 0.3) is 0 Å². The molecule has 0 radical (unpaired) electrons. The van der Waals surface area contributed by atoms with E-state index in [9.17, 15) is 31.2 Å². The minimum Gasteiger partial charge on any atom is -0.497 e. The minimum atomic E-state index is -4.77. The molecule has 0 aliphatic rings. The smallest absolute Gasteiger partial charge is 0.416 e. The lowest BCUT2D eigenvalue weighted by molar-refractivity contribution is -0.141. The number of hydrogen-bond acceptors (Lipinski definition) is 5. The molecule has 0 bridgehead atoms. The van der Waals surface area contributed by atoms with Gasteiger partial charge in [-0.3, -0.25) is 13.9 Å². The van der Waals surface area contributed by atoms with Crippen LogP contribution in [0.2, 0.25) is 5.02 Å². The van der Waals surface area contributed by atoms with Gasteiger partial charge in [0.2, 0.25) is 21.8 Å². The lowest BCUT2D eigenvalue weighted by Gasteiger charge is -2.34. The van der Waals surface area contributed by atoms with Crippen molar-refractivity contribution in [1.29, 1.82) is 0 Å². The fourth-order valence-electron chi connectivity index (χ4n) is 3.77. The predicted molar refractivity (Wildman–Crippen MR) is 144 cm³/mol. The maximum Gasteiger partial charge on any atom is 0.416 e. The number of sulfonamides is 1. The lowest BCUT2D eigenvalue weighted by atomic mass is 10.1. The number of benzene rings is 2. The van der Waals surface area contributed by atoms with E-state index in [1.165, 1.54) is 12.0 Å². The maximum atomic E-state index is 13.7. The van der Waals surface area contributed by atoms with Crippen LogP contribution in [0.25, 0.3) is 0 Å². The fraction of sp³-hybridized carbons (Fsp3) is 0.462. The van der Waals surface area contributed by atoms with Crippen molar-refractivity contribution >= 4 is 39.1 Å². The summed E-state index contributed by atoms with van der Waals surface area (Å²) in [6, 6.07) is 7.92. The number of rotatable bonds is 10. The Bertz CT molecular complexity index is 1280. The highest BCUT2D eigenvalue weighted by molar-refractivity contribution is 7.92. The predicted octanol–water partition coefficient (Wildman–Crippen LogP) is 4.86. The van der Waals surface area contributed by atoms with Crippen molar-refractivity contribution in [3.05, 3.63) is 58.6 Å². The number of methoxy groups -OCH3 is 1. The molecule has 0 unspecified atom stereocenters. The zero-order chi connectivity index (χ0) is 29.8. The van der Waals surface area contributed by atoms with Crippen molar-refractivity contribution in [2.45, 2.75) is 58.4 Å². The molecule has 0 heterocycles. The van der Waals surface area contributed by atoms with Crippen LogP contribution in [0.3, 0.4) is 0 Å². The molecule has 8 nitrogen and oxygen atoms in total. The fourth-order valence-corrected chi connectivity index (χ4v) is 4.90. The van der Waals surface area contributed by atoms with Gasteiger partial charge in [-0.25, -0.2) is 8.42 Å². The summed E-state index contributed by atoms with van der Waals surface area (Å²) in [6.07, 6.45) is -3.83. The van der Waals surface area contributed by atoms with Gasteiger partial charge in [0, 0.05) is 12.1 Å². The van der Waals surface area contributed by atoms with Crippen molar-refractivity contribution in [2.75, 3.05) is 24.2 Å². The van der Waals surface area contributed by atoms with E-state index >= 15 is 0 Å². The SMILES string of the molecule is CC[C@@H](C(=O)NC(C)(C)C)N(Cc1ccc(OC)cc1)C(=O)CN(c1cc(C(F)(F)F)ccc1Cl)S(C)(=O)=O. The highest BCUT2D eigenvalue weighted by atomic mass is 35.5. The van der Waals surface area contributed by atoms with Gasteiger partial charge < -0.3 is 15.0 Å². The summed E-state index contributed by atoms with van der Waals surface area (Å²) in [5, 5.41) is 2.54. The number of amides is 2. The first kappa shape index (κ1) is 32.2. The molecule has 2 aromatic rings. The van der Waals surface area contributed by atoms with E-state index < -0.39 is 57.4 Å². The number of halogens is 4. The Hall–Kier alpha value is -2.99. The summed E-state index contributed by atoms with van der Waals surface area (Å²) in [7, 11) is -2.78. The summed E-state index contributed by atoms with van der Waals surface area (Å²) >= 11 is 6.11. The standard InChI is InChI=1S/C26H33ClF3N3O5S/c1-7-21(24(35)31-25(2,3)4)32(15-17-8-11-19(38-5)12-9-17)23(34)16-33(39(6,36)37)22-14-18(26(28,29)30)10-13-20(22)27/h8-14,21H,7,15-16H2,1-6H3,(H,31,35)/t21-/m0/s1. The molecular formula is C26H33ClF3N3O5S. The lowest BCUT2D eigenvalue weighted by Crippen LogP contribution is -2.55. The quantitative estimate of drug-likeness (QED) is 0.426. The molecule has 2 rings (SSSR count). The van der Waals surface area contributed by atoms with Crippen LogP contribution in [0.4, 0.5) is 18.9 Å². The van der Waals surface area contributed by atoms with Crippen molar-refractivity contribution in [2.24, 2.45) is 0 Å². The van der Waals surface area contributed by atoms with Gasteiger partial charge in [-0.15, -0.1) is 0 Å². The van der Waals surface area contributed by atoms with Gasteiger partial charge in [-0.1, -0.05) is 30.7 Å². The molecule has 0 fully saturated rings. The van der Waals surface area contributed by atoms with Gasteiger partial charge in [0.05, 0.1) is 29.6 Å². The molecule has 216 valence electrons. The highest BCUT2D eigenvalue weighted by Crippen LogP contribution is 2.36. The van der Waals surface area contributed by atoms with Crippen molar-refractivity contribution in [3.8, 4) is 5.75 Å². The van der Waals surface area contributed by atoms with Gasteiger partial charge in [0.1, 0.15) is 18.3 Å². The first-order valence-electron chi connectivity index (χ1n) is 12.0. The summed E-state index contributed by atoms with van der Waals surface area (Å²) in [5.74, 6) is -0.702. The first-order chi connectivity index (χ1) is 17.9. The Morgan fingerprint density at radius 3 is 2.13 bits per heavy atom. The third-order valence-electron chi connectivity index (χ3n) is 5.62. The van der Waals surface area contributed by atoms with Crippen LogP contribution in [0, 0.1) is 0 Å². The largest absolute Gasteiger partial charge is 0.497 e. The summed E-state index contributed by atoms with van der Waals surface area (Å²) < 4.78 is 71.3. The van der Waals surface area contributed by atoms with Crippen LogP contribution in [0.1, 0.15) is 45.2 Å². The van der Waals surface area contributed by atoms with E-state index in [2.05, 4.69) is 5.32 Å². The van der Waals surface area contributed by atoms with Crippen LogP contribution in [-0.2, 0) is 32.3 Å². The second kappa shape index (κ2) is 12.5. The molecule has 0 aliphatic heterocycles. The second-order valence-corrected chi connectivity index (χ2v) is 12.3. The molecule has 0 saturated heterocycles. The minimum absolute atomic E-state index is 0.0766. The normalized spacial score (nSPS) is 13.0. The average Bonchev–Trinajstić information content (AvgIpc) is 2.80. The highest BCUT2D eigenvalue weighted by Gasteiger charge is 2.35. The van der Waals surface area contributed by atoms with E-state index in [1.807, 2.05) is 0 Å². The number of carbonyl (C=O) groups excluding carboxylic acids is 2. The van der Waals surface area contributed by atoms with Crippen LogP contribution in [0.5, 0.6) is 5.75 Å². The maximum absolute atomic E-state index is 13.7. The molecule has 2 amide bonds. The Morgan fingerprint density at radius 1 is 1.08 bits per heavy atom. The van der Waals surface area contributed by atoms with Gasteiger partial charge in [-0.05, 0) is 63.1 Å². The first-order valence-corrected chi connectivity index (χ1v) is 14.2. The monoisotopic (exact) mass is 591 g/mol. The Labute approximate surface area is 232 Å². The van der Waals surface area contributed by atoms with Crippen LogP contribution < -0.4 is 14.4 Å². The number of hydrogen-bond donors (Lipinski definition) is 1.